The molecule has 0 saturated carbocycles. The summed E-state index contributed by atoms with van der Waals surface area (Å²) in [5.41, 5.74) is 0. The monoisotopic (exact) mass is 305 g/mol. The Kier molecular flexibility index (Phi) is 4.84. The van der Waals surface area contributed by atoms with Crippen molar-refractivity contribution in [1.82, 2.24) is 0 Å². The van der Waals surface area contributed by atoms with Gasteiger partial charge in [0.15, 0.2) is 0 Å². The van der Waals surface area contributed by atoms with Gasteiger partial charge >= 0.3 is 23.9 Å². The van der Waals surface area contributed by atoms with E-state index in [2.05, 4.69) is 0 Å². The van der Waals surface area contributed by atoms with Crippen molar-refractivity contribution in [2.75, 3.05) is 5.75 Å². The number of nitriles is 1. The van der Waals surface area contributed by atoms with E-state index in [1.807, 2.05) is 0 Å². The van der Waals surface area contributed by atoms with Crippen LogP contribution in [0.25, 0.3) is 0 Å². The highest BCUT2D eigenvalue weighted by Gasteiger charge is 2.81. The molecule has 18 heavy (non-hydrogen) atoms. The van der Waals surface area contributed by atoms with Crippen LogP contribution in [0.5, 0.6) is 0 Å². The summed E-state index contributed by atoms with van der Waals surface area (Å²) < 4.78 is 110. The first-order chi connectivity index (χ1) is 7.81. The minimum absolute atomic E-state index is 0.0353. The molecule has 0 radical (unpaired) electrons. The molecule has 0 spiro atoms. The Morgan fingerprint density at radius 3 is 1.61 bits per heavy atom. The largest absolute Gasteiger partial charge is 0.460 e. The zero-order chi connectivity index (χ0) is 14.8. The number of halogens is 9. The maximum Gasteiger partial charge on any atom is 0.460 e. The lowest BCUT2D eigenvalue weighted by molar-refractivity contribution is -0.396. The van der Waals surface area contributed by atoms with Gasteiger partial charge in [0.05, 0.1) is 0 Å². The standard InChI is InChI=1S/C7H4F9NS/c8-4(9,1-2-18-3-17)5(10,11)6(12,13)7(14,15)16/h1-2H2. The van der Waals surface area contributed by atoms with E-state index in [4.69, 9.17) is 5.26 Å². The summed E-state index contributed by atoms with van der Waals surface area (Å²) in [4.78, 5) is 0. The van der Waals surface area contributed by atoms with Gasteiger partial charge in [-0.05, 0) is 11.8 Å². The number of alkyl halides is 9. The second-order valence-corrected chi connectivity index (χ2v) is 3.92. The molecule has 0 aliphatic heterocycles. The minimum Gasteiger partial charge on any atom is -0.200 e. The normalized spacial score (nSPS) is 14.4. The van der Waals surface area contributed by atoms with Gasteiger partial charge in [-0.15, -0.1) is 0 Å². The van der Waals surface area contributed by atoms with E-state index in [1.165, 1.54) is 5.40 Å². The predicted octanol–water partition coefficient (Wildman–Crippen LogP) is 4.06. The Balaban J connectivity index is 5.18. The van der Waals surface area contributed by atoms with E-state index < -0.39 is 36.1 Å². The van der Waals surface area contributed by atoms with Crippen LogP contribution in [0.2, 0.25) is 0 Å². The molecule has 0 atom stereocenters. The van der Waals surface area contributed by atoms with Crippen LogP contribution in [0.15, 0.2) is 0 Å². The lowest BCUT2D eigenvalue weighted by atomic mass is 10.0. The lowest BCUT2D eigenvalue weighted by Gasteiger charge is -2.33. The summed E-state index contributed by atoms with van der Waals surface area (Å²) >= 11 is 0.0353. The molecule has 0 bridgehead atoms. The Labute approximate surface area is 98.9 Å². The summed E-state index contributed by atoms with van der Waals surface area (Å²) in [5, 5.41) is 9.10. The summed E-state index contributed by atoms with van der Waals surface area (Å²) in [6.45, 7) is 0. The third-order valence-electron chi connectivity index (χ3n) is 1.79. The zero-order valence-corrected chi connectivity index (χ0v) is 8.99. The van der Waals surface area contributed by atoms with E-state index in [0.717, 1.165) is 0 Å². The average molecular weight is 305 g/mol. The first kappa shape index (κ1) is 17.2. The summed E-state index contributed by atoms with van der Waals surface area (Å²) in [6, 6.07) is 0. The lowest BCUT2D eigenvalue weighted by Crippen LogP contribution is -2.60. The fraction of sp³-hybridized carbons (Fsp3) is 0.857. The van der Waals surface area contributed by atoms with E-state index in [1.54, 1.807) is 0 Å². The van der Waals surface area contributed by atoms with Crippen LogP contribution in [0.3, 0.4) is 0 Å². The highest BCUT2D eigenvalue weighted by molar-refractivity contribution is 8.03. The highest BCUT2D eigenvalue weighted by atomic mass is 32.2. The topological polar surface area (TPSA) is 23.8 Å². The minimum atomic E-state index is -6.86. The van der Waals surface area contributed by atoms with Crippen LogP contribution in [-0.2, 0) is 0 Å². The SMILES string of the molecule is N#CSCCC(F)(F)C(F)(F)C(F)(F)C(F)(F)F. The molecule has 0 rings (SSSR count). The van der Waals surface area contributed by atoms with Crippen LogP contribution >= 0.6 is 11.8 Å². The molecule has 0 unspecified atom stereocenters. The smallest absolute Gasteiger partial charge is 0.200 e. The Morgan fingerprint density at radius 1 is 0.833 bits per heavy atom. The van der Waals surface area contributed by atoms with Crippen LogP contribution in [0.1, 0.15) is 6.42 Å². The maximum atomic E-state index is 12.7. The molecule has 106 valence electrons. The van der Waals surface area contributed by atoms with Crippen LogP contribution in [0.4, 0.5) is 39.5 Å². The van der Waals surface area contributed by atoms with Crippen molar-refractivity contribution in [3.05, 3.63) is 0 Å². The van der Waals surface area contributed by atoms with Crippen LogP contribution < -0.4 is 0 Å². The molecule has 11 heteroatoms. The molecule has 0 saturated heterocycles. The van der Waals surface area contributed by atoms with Crippen LogP contribution in [0, 0.1) is 10.7 Å². The zero-order valence-electron chi connectivity index (χ0n) is 8.17. The van der Waals surface area contributed by atoms with Gasteiger partial charge in [0, 0.05) is 12.2 Å². The first-order valence-electron chi connectivity index (χ1n) is 4.02. The molecule has 0 N–H and O–H groups in total. The van der Waals surface area contributed by atoms with Gasteiger partial charge in [0.2, 0.25) is 0 Å². The van der Waals surface area contributed by atoms with Gasteiger partial charge in [0.25, 0.3) is 0 Å². The van der Waals surface area contributed by atoms with E-state index in [9.17, 15) is 39.5 Å². The fourth-order valence-corrected chi connectivity index (χ4v) is 1.24. The van der Waals surface area contributed by atoms with Crippen molar-refractivity contribution in [2.45, 2.75) is 30.4 Å². The third kappa shape index (κ3) is 2.96. The van der Waals surface area contributed by atoms with Crippen molar-refractivity contribution in [1.29, 1.82) is 5.26 Å². The van der Waals surface area contributed by atoms with Gasteiger partial charge in [-0.2, -0.15) is 44.8 Å². The van der Waals surface area contributed by atoms with Gasteiger partial charge in [-0.25, -0.2) is 0 Å². The number of thioether (sulfide) groups is 1. The molecule has 0 amide bonds. The second kappa shape index (κ2) is 5.07. The number of hydrogen-bond acceptors (Lipinski definition) is 2. The van der Waals surface area contributed by atoms with Gasteiger partial charge in [0.1, 0.15) is 5.40 Å². The van der Waals surface area contributed by atoms with E-state index >= 15 is 0 Å². The Bertz CT molecular complexity index is 329. The highest BCUT2D eigenvalue weighted by Crippen LogP contribution is 2.54. The van der Waals surface area contributed by atoms with Crippen LogP contribution in [-0.4, -0.2) is 29.7 Å². The summed E-state index contributed by atoms with van der Waals surface area (Å²) in [7, 11) is 0. The van der Waals surface area contributed by atoms with Gasteiger partial charge in [-0.3, -0.25) is 0 Å². The summed E-state index contributed by atoms with van der Waals surface area (Å²) in [5.74, 6) is -20.0. The number of nitrogens with zero attached hydrogens (tertiary/aromatic N) is 1. The van der Waals surface area contributed by atoms with Crippen molar-refractivity contribution >= 4 is 11.8 Å². The third-order valence-corrected chi connectivity index (χ3v) is 2.33. The van der Waals surface area contributed by atoms with E-state index in [0.29, 0.717) is 0 Å². The molecule has 1 nitrogen and oxygen atoms in total. The Morgan fingerprint density at radius 2 is 1.28 bits per heavy atom. The quantitative estimate of drug-likeness (QED) is 0.434. The van der Waals surface area contributed by atoms with Gasteiger partial charge < -0.3 is 0 Å². The van der Waals surface area contributed by atoms with Crippen molar-refractivity contribution < 1.29 is 39.5 Å². The molecule has 0 aliphatic rings. The Hall–Kier alpha value is -0.790. The van der Waals surface area contributed by atoms with Crippen molar-refractivity contribution in [3.63, 3.8) is 0 Å². The molecule has 0 aromatic rings. The second-order valence-electron chi connectivity index (χ2n) is 3.04. The summed E-state index contributed by atoms with van der Waals surface area (Å²) in [6.07, 6.45) is -8.79. The maximum absolute atomic E-state index is 12.7. The van der Waals surface area contributed by atoms with Crippen molar-refractivity contribution in [2.24, 2.45) is 0 Å². The first-order valence-corrected chi connectivity index (χ1v) is 5.01. The molecule has 0 aromatic carbocycles. The molecule has 0 fully saturated rings. The molecule has 0 aliphatic carbocycles. The van der Waals surface area contributed by atoms with E-state index in [-0.39, 0.29) is 11.8 Å². The number of rotatable bonds is 5. The number of thiocyanates is 1. The molecular formula is C7H4F9NS. The molecule has 0 heterocycles. The number of hydrogen-bond donors (Lipinski definition) is 0. The van der Waals surface area contributed by atoms with Gasteiger partial charge in [-0.1, -0.05) is 0 Å². The van der Waals surface area contributed by atoms with Crippen molar-refractivity contribution in [3.8, 4) is 5.40 Å². The average Bonchev–Trinajstić information content (AvgIpc) is 2.15. The molecule has 0 aromatic heterocycles. The molecular weight excluding hydrogens is 301 g/mol. The fourth-order valence-electron chi connectivity index (χ4n) is 0.790. The predicted molar refractivity (Wildman–Crippen MR) is 43.6 cm³/mol.